The van der Waals surface area contributed by atoms with Crippen LogP contribution in [0.4, 0.5) is 5.69 Å². The van der Waals surface area contributed by atoms with Crippen molar-refractivity contribution in [3.63, 3.8) is 0 Å². The summed E-state index contributed by atoms with van der Waals surface area (Å²) in [6, 6.07) is 13.2. The standard InChI is InChI=1S/C17H15N3O2S/c21-16(18-12-5-2-1-3-6-12)17(8-9-17)23-15-11-13(19-20-15)14-7-4-10-22-14/h1-7,10H,8-9,11H2,(H,18,21). The van der Waals surface area contributed by atoms with E-state index in [0.717, 1.165) is 35.0 Å². The Labute approximate surface area is 137 Å². The first-order chi connectivity index (χ1) is 11.3. The first kappa shape index (κ1) is 14.3. The van der Waals surface area contributed by atoms with Gasteiger partial charge in [-0.2, -0.15) is 5.10 Å². The van der Waals surface area contributed by atoms with E-state index in [1.165, 1.54) is 11.8 Å². The molecule has 1 N–H and O–H groups in total. The fourth-order valence-electron chi connectivity index (χ4n) is 2.45. The number of benzene rings is 1. The number of hydrogen-bond donors (Lipinski definition) is 1. The highest BCUT2D eigenvalue weighted by Gasteiger charge is 2.52. The molecule has 0 bridgehead atoms. The van der Waals surface area contributed by atoms with Crippen LogP contribution >= 0.6 is 11.8 Å². The van der Waals surface area contributed by atoms with E-state index in [0.29, 0.717) is 6.42 Å². The largest absolute Gasteiger partial charge is 0.463 e. The quantitative estimate of drug-likeness (QED) is 0.932. The van der Waals surface area contributed by atoms with Gasteiger partial charge in [0.15, 0.2) is 0 Å². The van der Waals surface area contributed by atoms with Gasteiger partial charge in [0.25, 0.3) is 0 Å². The minimum absolute atomic E-state index is 0.0443. The summed E-state index contributed by atoms with van der Waals surface area (Å²) in [7, 11) is 0. The molecule has 6 heteroatoms. The molecule has 1 aliphatic heterocycles. The topological polar surface area (TPSA) is 67.0 Å². The van der Waals surface area contributed by atoms with Gasteiger partial charge in [-0.1, -0.05) is 30.0 Å². The summed E-state index contributed by atoms with van der Waals surface area (Å²) < 4.78 is 4.95. The molecule has 0 spiro atoms. The summed E-state index contributed by atoms with van der Waals surface area (Å²) in [5.41, 5.74) is 1.64. The van der Waals surface area contributed by atoms with Crippen molar-refractivity contribution in [2.24, 2.45) is 10.2 Å². The zero-order chi connectivity index (χ0) is 15.7. The van der Waals surface area contributed by atoms with Crippen LogP contribution in [0.1, 0.15) is 25.0 Å². The van der Waals surface area contributed by atoms with E-state index in [1.807, 2.05) is 42.5 Å². The van der Waals surface area contributed by atoms with E-state index in [-0.39, 0.29) is 5.91 Å². The smallest absolute Gasteiger partial charge is 0.241 e. The van der Waals surface area contributed by atoms with Gasteiger partial charge in [-0.3, -0.25) is 4.79 Å². The van der Waals surface area contributed by atoms with Crippen molar-refractivity contribution in [1.29, 1.82) is 0 Å². The normalized spacial score (nSPS) is 18.3. The number of nitrogens with zero attached hydrogens (tertiary/aromatic N) is 2. The van der Waals surface area contributed by atoms with Crippen LogP contribution in [0.2, 0.25) is 0 Å². The van der Waals surface area contributed by atoms with Gasteiger partial charge in [-0.05, 0) is 37.1 Å². The second-order valence-corrected chi connectivity index (χ2v) is 7.07. The molecule has 2 aromatic rings. The molecule has 0 unspecified atom stereocenters. The summed E-state index contributed by atoms with van der Waals surface area (Å²) in [5, 5.41) is 12.2. The molecule has 0 radical (unpaired) electrons. The first-order valence-electron chi connectivity index (χ1n) is 7.48. The molecular formula is C17H15N3O2S. The lowest BCUT2D eigenvalue weighted by atomic mass is 10.2. The number of nitrogens with one attached hydrogen (secondary N) is 1. The van der Waals surface area contributed by atoms with Crippen LogP contribution in [-0.2, 0) is 4.79 Å². The Bertz CT molecular complexity index is 777. The lowest BCUT2D eigenvalue weighted by Crippen LogP contribution is -2.28. The predicted octanol–water partition coefficient (Wildman–Crippen LogP) is 3.69. The second kappa shape index (κ2) is 5.70. The first-order valence-corrected chi connectivity index (χ1v) is 8.30. The van der Waals surface area contributed by atoms with E-state index < -0.39 is 4.75 Å². The third-order valence-electron chi connectivity index (χ3n) is 3.87. The van der Waals surface area contributed by atoms with Crippen LogP contribution in [0.5, 0.6) is 0 Å². The summed E-state index contributed by atoms with van der Waals surface area (Å²) in [5.74, 6) is 0.783. The minimum Gasteiger partial charge on any atom is -0.463 e. The van der Waals surface area contributed by atoms with Crippen LogP contribution in [0, 0.1) is 0 Å². The number of carbonyl (C=O) groups excluding carboxylic acids is 1. The average Bonchev–Trinajstić information content (AvgIpc) is 2.98. The molecule has 1 saturated carbocycles. The van der Waals surface area contributed by atoms with E-state index in [1.54, 1.807) is 6.26 Å². The van der Waals surface area contributed by atoms with E-state index >= 15 is 0 Å². The maximum absolute atomic E-state index is 12.6. The summed E-state index contributed by atoms with van der Waals surface area (Å²) in [6.07, 6.45) is 3.98. The molecule has 1 fully saturated rings. The number of furan rings is 1. The fourth-order valence-corrected chi connectivity index (χ4v) is 3.64. The third kappa shape index (κ3) is 2.94. The average molecular weight is 325 g/mol. The van der Waals surface area contributed by atoms with Crippen LogP contribution in [0.25, 0.3) is 0 Å². The number of anilines is 1. The highest BCUT2D eigenvalue weighted by Crippen LogP contribution is 2.50. The number of carbonyl (C=O) groups is 1. The van der Waals surface area contributed by atoms with Crippen molar-refractivity contribution in [3.05, 3.63) is 54.5 Å². The number of thioether (sulfide) groups is 1. The number of hydrogen-bond acceptors (Lipinski definition) is 5. The maximum Gasteiger partial charge on any atom is 0.241 e. The molecule has 1 aliphatic carbocycles. The van der Waals surface area contributed by atoms with E-state index in [9.17, 15) is 4.79 Å². The lowest BCUT2D eigenvalue weighted by molar-refractivity contribution is -0.116. The molecule has 0 saturated heterocycles. The van der Waals surface area contributed by atoms with Crippen molar-refractivity contribution in [3.8, 4) is 0 Å². The zero-order valence-corrected chi connectivity index (χ0v) is 13.2. The molecular weight excluding hydrogens is 310 g/mol. The molecule has 116 valence electrons. The van der Waals surface area contributed by atoms with Gasteiger partial charge in [0.1, 0.15) is 21.3 Å². The van der Waals surface area contributed by atoms with Gasteiger partial charge >= 0.3 is 0 Å². The molecule has 1 aromatic carbocycles. The van der Waals surface area contributed by atoms with Crippen molar-refractivity contribution in [2.45, 2.75) is 24.0 Å². The van der Waals surface area contributed by atoms with Crippen LogP contribution < -0.4 is 5.32 Å². The van der Waals surface area contributed by atoms with E-state index in [2.05, 4.69) is 15.5 Å². The van der Waals surface area contributed by atoms with Crippen molar-refractivity contribution < 1.29 is 9.21 Å². The Morgan fingerprint density at radius 3 is 2.65 bits per heavy atom. The van der Waals surface area contributed by atoms with Crippen LogP contribution in [0.3, 0.4) is 0 Å². The van der Waals surface area contributed by atoms with Crippen molar-refractivity contribution >= 4 is 34.1 Å². The van der Waals surface area contributed by atoms with Gasteiger partial charge in [-0.25, -0.2) is 0 Å². The Hall–Kier alpha value is -2.34. The number of rotatable bonds is 4. The molecule has 23 heavy (non-hydrogen) atoms. The summed E-state index contributed by atoms with van der Waals surface area (Å²) in [4.78, 5) is 12.6. The lowest BCUT2D eigenvalue weighted by Gasteiger charge is -2.14. The molecule has 1 amide bonds. The summed E-state index contributed by atoms with van der Waals surface area (Å²) >= 11 is 1.53. The zero-order valence-electron chi connectivity index (χ0n) is 12.4. The van der Waals surface area contributed by atoms with Gasteiger partial charge in [0.2, 0.25) is 5.91 Å². The third-order valence-corrected chi connectivity index (χ3v) is 5.32. The fraction of sp³-hybridized carbons (Fsp3) is 0.235. The van der Waals surface area contributed by atoms with Crippen molar-refractivity contribution in [2.75, 3.05) is 5.32 Å². The molecule has 5 nitrogen and oxygen atoms in total. The van der Waals surface area contributed by atoms with Gasteiger partial charge in [0.05, 0.1) is 6.26 Å². The van der Waals surface area contributed by atoms with Crippen molar-refractivity contribution in [1.82, 2.24) is 0 Å². The Morgan fingerprint density at radius 2 is 1.96 bits per heavy atom. The van der Waals surface area contributed by atoms with Crippen LogP contribution in [0.15, 0.2) is 63.3 Å². The van der Waals surface area contributed by atoms with E-state index in [4.69, 9.17) is 4.42 Å². The summed E-state index contributed by atoms with van der Waals surface area (Å²) in [6.45, 7) is 0. The Morgan fingerprint density at radius 1 is 1.13 bits per heavy atom. The highest BCUT2D eigenvalue weighted by atomic mass is 32.2. The second-order valence-electron chi connectivity index (χ2n) is 5.61. The maximum atomic E-state index is 12.6. The minimum atomic E-state index is -0.400. The van der Waals surface area contributed by atoms with Gasteiger partial charge < -0.3 is 9.73 Å². The Balaban J connectivity index is 1.39. The SMILES string of the molecule is O=C(Nc1ccccc1)C1(SC2=NN=C(c3ccco3)C2)CC1. The number of amides is 1. The molecule has 4 rings (SSSR count). The van der Waals surface area contributed by atoms with Crippen LogP contribution in [-0.4, -0.2) is 21.4 Å². The monoisotopic (exact) mass is 325 g/mol. The molecule has 2 heterocycles. The highest BCUT2D eigenvalue weighted by molar-refractivity contribution is 8.16. The molecule has 1 aromatic heterocycles. The Kier molecular flexibility index (Phi) is 3.53. The predicted molar refractivity (Wildman–Crippen MR) is 91.9 cm³/mol. The molecule has 0 atom stereocenters. The van der Waals surface area contributed by atoms with Gasteiger partial charge in [0, 0.05) is 12.1 Å². The number of para-hydroxylation sites is 1. The molecule has 2 aliphatic rings. The van der Waals surface area contributed by atoms with Gasteiger partial charge in [-0.15, -0.1) is 5.10 Å².